The second-order valence-electron chi connectivity index (χ2n) is 7.95. The van der Waals surface area contributed by atoms with Crippen molar-refractivity contribution in [1.82, 2.24) is 9.80 Å². The van der Waals surface area contributed by atoms with Crippen molar-refractivity contribution in [2.45, 2.75) is 38.6 Å². The van der Waals surface area contributed by atoms with Crippen molar-refractivity contribution in [2.24, 2.45) is 10.7 Å². The third-order valence-electron chi connectivity index (χ3n) is 4.99. The van der Waals surface area contributed by atoms with Gasteiger partial charge in [0, 0.05) is 19.0 Å². The average molecular weight is 468 g/mol. The summed E-state index contributed by atoms with van der Waals surface area (Å²) in [6.07, 6.45) is 7.61. The molecule has 6 nitrogen and oxygen atoms in total. The van der Waals surface area contributed by atoms with Crippen molar-refractivity contribution in [3.05, 3.63) is 58.8 Å². The summed E-state index contributed by atoms with van der Waals surface area (Å²) in [5.41, 5.74) is 8.74. The number of benzene rings is 1. The minimum atomic E-state index is -0.0344. The number of piperidine rings is 1. The Bertz CT molecular complexity index is 923. The molecule has 0 radical (unpaired) electrons. The zero-order valence-electron chi connectivity index (χ0n) is 20.3. The topological polar surface area (TPSA) is 85.7 Å². The molecule has 1 aromatic carbocycles. The predicted molar refractivity (Wildman–Crippen MR) is 140 cm³/mol. The number of likely N-dealkylation sites (tertiary alicyclic amines) is 1. The molecule has 1 fully saturated rings. The number of carbonyl (C=O) groups is 1. The lowest BCUT2D eigenvalue weighted by Gasteiger charge is -2.20. The second-order valence-corrected chi connectivity index (χ2v) is 8.89. The first-order chi connectivity index (χ1) is 15.9. The number of rotatable bonds is 5. The Morgan fingerprint density at radius 1 is 1.30 bits per heavy atom. The quantitative estimate of drug-likeness (QED) is 0.287. The van der Waals surface area contributed by atoms with Gasteiger partial charge >= 0.3 is 0 Å². The number of guanidine groups is 1. The fraction of sp³-hybridized carbons (Fsp3) is 0.423. The molecule has 1 aliphatic heterocycles. The number of aliphatic imine (C=N–C) groups is 1. The highest BCUT2D eigenvalue weighted by atomic mass is 32.1. The SMILES string of the molecule is C=CCC(N=C(N)N(C)C)c1cc(-c2cccc(C#N)c2)cs1.CC=O.CN1CCCCC1. The van der Waals surface area contributed by atoms with Gasteiger partial charge in [-0.1, -0.05) is 24.6 Å². The molecular weight excluding hydrogens is 430 g/mol. The number of carbonyl (C=O) groups excluding carboxylic acids is 1. The van der Waals surface area contributed by atoms with E-state index in [0.29, 0.717) is 11.5 Å². The minimum Gasteiger partial charge on any atom is -0.370 e. The third-order valence-corrected chi connectivity index (χ3v) is 6.02. The largest absolute Gasteiger partial charge is 0.370 e. The van der Waals surface area contributed by atoms with Crippen LogP contribution in [0.3, 0.4) is 0 Å². The lowest BCUT2D eigenvalue weighted by molar-refractivity contribution is -0.106. The smallest absolute Gasteiger partial charge is 0.191 e. The maximum Gasteiger partial charge on any atom is 0.191 e. The Morgan fingerprint density at radius 3 is 2.48 bits per heavy atom. The van der Waals surface area contributed by atoms with Crippen LogP contribution in [0.1, 0.15) is 49.1 Å². The molecule has 3 rings (SSSR count). The van der Waals surface area contributed by atoms with Crippen molar-refractivity contribution in [3.63, 3.8) is 0 Å². The number of hydrogen-bond acceptors (Lipinski definition) is 5. The van der Waals surface area contributed by atoms with Crippen molar-refractivity contribution in [1.29, 1.82) is 5.26 Å². The number of hydrogen-bond donors (Lipinski definition) is 1. The summed E-state index contributed by atoms with van der Waals surface area (Å²) < 4.78 is 0. The van der Waals surface area contributed by atoms with E-state index < -0.39 is 0 Å². The van der Waals surface area contributed by atoms with Crippen LogP contribution < -0.4 is 5.73 Å². The number of nitrogens with two attached hydrogens (primary N) is 1. The molecule has 7 heteroatoms. The monoisotopic (exact) mass is 467 g/mol. The van der Waals surface area contributed by atoms with Crippen LogP contribution in [-0.2, 0) is 4.79 Å². The zero-order chi connectivity index (χ0) is 24.6. The Labute approximate surface area is 203 Å². The molecule has 33 heavy (non-hydrogen) atoms. The van der Waals surface area contributed by atoms with E-state index in [2.05, 4.69) is 41.0 Å². The molecule has 2 aromatic rings. The van der Waals surface area contributed by atoms with E-state index in [-0.39, 0.29) is 6.04 Å². The summed E-state index contributed by atoms with van der Waals surface area (Å²) in [7, 11) is 5.94. The van der Waals surface area contributed by atoms with Gasteiger partial charge in [-0.25, -0.2) is 4.99 Å². The van der Waals surface area contributed by atoms with Gasteiger partial charge in [0.2, 0.25) is 0 Å². The summed E-state index contributed by atoms with van der Waals surface area (Å²) in [5, 5.41) is 11.1. The maximum atomic E-state index is 9.03. The lowest BCUT2D eigenvalue weighted by Crippen LogP contribution is -2.30. The van der Waals surface area contributed by atoms with Gasteiger partial charge < -0.3 is 20.3 Å². The Hall–Kier alpha value is -2.95. The number of nitrogens with zero attached hydrogens (tertiary/aromatic N) is 4. The summed E-state index contributed by atoms with van der Waals surface area (Å²) in [6, 6.07) is 11.9. The van der Waals surface area contributed by atoms with Crippen LogP contribution in [0.2, 0.25) is 0 Å². The van der Waals surface area contributed by atoms with Crippen LogP contribution in [0.5, 0.6) is 0 Å². The number of aldehydes is 1. The van der Waals surface area contributed by atoms with Crippen molar-refractivity contribution < 1.29 is 4.79 Å². The molecule has 0 amide bonds. The summed E-state index contributed by atoms with van der Waals surface area (Å²) in [6.45, 7) is 7.89. The molecular formula is C26H37N5OS. The molecule has 1 atom stereocenters. The first-order valence-corrected chi connectivity index (χ1v) is 12.0. The molecule has 2 N–H and O–H groups in total. The fourth-order valence-electron chi connectivity index (χ4n) is 3.16. The number of thiophene rings is 1. The first-order valence-electron chi connectivity index (χ1n) is 11.1. The molecule has 1 aliphatic rings. The molecule has 0 bridgehead atoms. The van der Waals surface area contributed by atoms with E-state index in [0.717, 1.165) is 28.7 Å². The maximum absolute atomic E-state index is 9.03. The summed E-state index contributed by atoms with van der Waals surface area (Å²) in [5.74, 6) is 0.498. The van der Waals surface area contributed by atoms with Gasteiger partial charge in [0.15, 0.2) is 5.96 Å². The number of nitriles is 1. The van der Waals surface area contributed by atoms with Gasteiger partial charge in [-0.05, 0) is 81.0 Å². The van der Waals surface area contributed by atoms with Crippen LogP contribution in [-0.4, -0.2) is 56.3 Å². The predicted octanol–water partition coefficient (Wildman–Crippen LogP) is 5.09. The molecule has 0 spiro atoms. The normalized spacial score (nSPS) is 14.5. The lowest BCUT2D eigenvalue weighted by atomic mass is 10.0. The molecule has 0 saturated carbocycles. The van der Waals surface area contributed by atoms with E-state index in [9.17, 15) is 0 Å². The highest BCUT2D eigenvalue weighted by molar-refractivity contribution is 7.10. The molecule has 1 aromatic heterocycles. The summed E-state index contributed by atoms with van der Waals surface area (Å²) in [4.78, 5) is 18.7. The highest BCUT2D eigenvalue weighted by Crippen LogP contribution is 2.33. The molecule has 178 valence electrons. The molecule has 1 unspecified atom stereocenters. The van der Waals surface area contributed by atoms with E-state index in [4.69, 9.17) is 15.8 Å². The van der Waals surface area contributed by atoms with Crippen LogP contribution in [0, 0.1) is 11.3 Å². The first kappa shape index (κ1) is 28.1. The Kier molecular flexibility index (Phi) is 13.4. The molecule has 0 aliphatic carbocycles. The Balaban J connectivity index is 0.000000451. The van der Waals surface area contributed by atoms with Gasteiger partial charge in [0.05, 0.1) is 17.7 Å². The second kappa shape index (κ2) is 15.8. The average Bonchev–Trinajstić information content (AvgIpc) is 3.30. The van der Waals surface area contributed by atoms with E-state index in [1.165, 1.54) is 39.3 Å². The third kappa shape index (κ3) is 10.5. The fourth-order valence-corrected chi connectivity index (χ4v) is 4.13. The van der Waals surface area contributed by atoms with Crippen molar-refractivity contribution >= 4 is 23.6 Å². The van der Waals surface area contributed by atoms with Gasteiger partial charge in [-0.3, -0.25) is 0 Å². The zero-order valence-corrected chi connectivity index (χ0v) is 21.1. The summed E-state index contributed by atoms with van der Waals surface area (Å²) >= 11 is 1.65. The molecule has 1 saturated heterocycles. The Morgan fingerprint density at radius 2 is 1.97 bits per heavy atom. The standard InChI is InChI=1S/C18H20N4S.C6H13N.C2H4O/c1-4-6-16(21-18(20)22(2)3)17-10-15(12-23-17)14-8-5-7-13(9-14)11-19;1-7-5-3-2-4-6-7;1-2-3/h4-5,7-10,12,16H,1,6H2,2-3H3,(H2,20,21);2-6H2,1H3;2H,1H3. The van der Waals surface area contributed by atoms with Gasteiger partial charge in [-0.2, -0.15) is 5.26 Å². The van der Waals surface area contributed by atoms with Gasteiger partial charge in [0.25, 0.3) is 0 Å². The van der Waals surface area contributed by atoms with E-state index in [1.807, 2.05) is 38.4 Å². The molecule has 2 heterocycles. The van der Waals surface area contributed by atoms with Crippen molar-refractivity contribution in [3.8, 4) is 17.2 Å². The van der Waals surface area contributed by atoms with Crippen LogP contribution >= 0.6 is 11.3 Å². The van der Waals surface area contributed by atoms with Crippen molar-refractivity contribution in [2.75, 3.05) is 34.2 Å². The minimum absolute atomic E-state index is 0.0344. The van der Waals surface area contributed by atoms with Crippen LogP contribution in [0.25, 0.3) is 11.1 Å². The van der Waals surface area contributed by atoms with E-state index in [1.54, 1.807) is 22.3 Å². The van der Waals surface area contributed by atoms with Crippen LogP contribution in [0.4, 0.5) is 0 Å². The van der Waals surface area contributed by atoms with E-state index >= 15 is 0 Å². The van der Waals surface area contributed by atoms with Gasteiger partial charge in [0.1, 0.15) is 6.29 Å². The highest BCUT2D eigenvalue weighted by Gasteiger charge is 2.14. The van der Waals surface area contributed by atoms with Crippen LogP contribution in [0.15, 0.2) is 53.4 Å². The van der Waals surface area contributed by atoms with Gasteiger partial charge in [-0.15, -0.1) is 17.9 Å².